The normalized spacial score (nSPS) is 10.3. The van der Waals surface area contributed by atoms with E-state index in [1.807, 2.05) is 6.92 Å². The summed E-state index contributed by atoms with van der Waals surface area (Å²) in [5, 5.41) is 8.77. The Labute approximate surface area is 93.3 Å². The Morgan fingerprint density at radius 1 is 1.50 bits per heavy atom. The first-order valence-electron chi connectivity index (χ1n) is 5.16. The van der Waals surface area contributed by atoms with Crippen molar-refractivity contribution < 1.29 is 14.6 Å². The third-order valence-electron chi connectivity index (χ3n) is 2.12. The molecule has 1 heterocycles. The smallest absolute Gasteiger partial charge is 0.337 e. The fourth-order valence-electron chi connectivity index (χ4n) is 1.31. The minimum atomic E-state index is -1.03. The van der Waals surface area contributed by atoms with Crippen molar-refractivity contribution in [3.05, 3.63) is 34.2 Å². The van der Waals surface area contributed by atoms with Gasteiger partial charge in [-0.3, -0.25) is 4.79 Å². The molecule has 0 saturated heterocycles. The van der Waals surface area contributed by atoms with Crippen molar-refractivity contribution in [3.63, 3.8) is 0 Å². The van der Waals surface area contributed by atoms with Gasteiger partial charge in [0, 0.05) is 32.0 Å². The molecule has 0 aliphatic heterocycles. The molecule has 0 aliphatic rings. The number of aryl methyl sites for hydroxylation is 1. The summed E-state index contributed by atoms with van der Waals surface area (Å²) in [6.45, 7) is 3.58. The number of aromatic nitrogens is 1. The number of carbonyl (C=O) groups is 1. The number of nitrogens with zero attached hydrogens (tertiary/aromatic N) is 1. The van der Waals surface area contributed by atoms with Crippen LogP contribution >= 0.6 is 0 Å². The van der Waals surface area contributed by atoms with Gasteiger partial charge in [-0.2, -0.15) is 0 Å². The van der Waals surface area contributed by atoms with Crippen LogP contribution in [0.15, 0.2) is 23.1 Å². The molecule has 0 spiro atoms. The second-order valence-electron chi connectivity index (χ2n) is 3.31. The summed E-state index contributed by atoms with van der Waals surface area (Å²) in [6.07, 6.45) is 2.05. The molecular formula is C11H15NO4. The maximum atomic E-state index is 11.4. The number of hydrogen-bond acceptors (Lipinski definition) is 3. The van der Waals surface area contributed by atoms with Crippen LogP contribution in [0.4, 0.5) is 0 Å². The van der Waals surface area contributed by atoms with Gasteiger partial charge in [-0.25, -0.2) is 4.79 Å². The van der Waals surface area contributed by atoms with Crippen LogP contribution in [0.3, 0.4) is 0 Å². The quantitative estimate of drug-likeness (QED) is 0.732. The average molecular weight is 225 g/mol. The van der Waals surface area contributed by atoms with Crippen LogP contribution in [0, 0.1) is 0 Å². The number of ether oxygens (including phenoxy) is 1. The van der Waals surface area contributed by atoms with Crippen LogP contribution in [0.1, 0.15) is 23.7 Å². The standard InChI is InChI=1S/C11H15NO4/c1-2-16-7-3-6-12-8-9(11(14)15)4-5-10(12)13/h4-5,8H,2-3,6-7H2,1H3,(H,14,15). The molecule has 0 radical (unpaired) electrons. The zero-order valence-electron chi connectivity index (χ0n) is 9.18. The number of carboxylic acids is 1. The van der Waals surface area contributed by atoms with E-state index in [1.54, 1.807) is 0 Å². The molecule has 1 aromatic heterocycles. The van der Waals surface area contributed by atoms with Crippen molar-refractivity contribution in [2.45, 2.75) is 19.9 Å². The van der Waals surface area contributed by atoms with Gasteiger partial charge in [0.1, 0.15) is 0 Å². The lowest BCUT2D eigenvalue weighted by molar-refractivity contribution is 0.0695. The molecule has 1 rings (SSSR count). The third kappa shape index (κ3) is 3.51. The van der Waals surface area contributed by atoms with Crippen LogP contribution in [0.25, 0.3) is 0 Å². The van der Waals surface area contributed by atoms with E-state index < -0.39 is 5.97 Å². The summed E-state index contributed by atoms with van der Waals surface area (Å²) in [6, 6.07) is 2.58. The van der Waals surface area contributed by atoms with Crippen molar-refractivity contribution in [1.29, 1.82) is 0 Å². The Morgan fingerprint density at radius 2 is 2.25 bits per heavy atom. The fraction of sp³-hybridized carbons (Fsp3) is 0.455. The first kappa shape index (κ1) is 12.4. The molecule has 0 amide bonds. The molecule has 0 bridgehead atoms. The molecule has 0 aromatic carbocycles. The van der Waals surface area contributed by atoms with Gasteiger partial charge in [-0.1, -0.05) is 0 Å². The van der Waals surface area contributed by atoms with E-state index in [-0.39, 0.29) is 11.1 Å². The minimum absolute atomic E-state index is 0.121. The molecular weight excluding hydrogens is 210 g/mol. The van der Waals surface area contributed by atoms with E-state index in [4.69, 9.17) is 9.84 Å². The lowest BCUT2D eigenvalue weighted by atomic mass is 10.3. The van der Waals surface area contributed by atoms with Gasteiger partial charge in [-0.05, 0) is 19.4 Å². The summed E-state index contributed by atoms with van der Waals surface area (Å²) in [5.74, 6) is -1.03. The second kappa shape index (κ2) is 6.07. The molecule has 0 fully saturated rings. The molecule has 1 N–H and O–H groups in total. The molecule has 0 saturated carbocycles. The topological polar surface area (TPSA) is 68.5 Å². The summed E-state index contributed by atoms with van der Waals surface area (Å²) in [5.41, 5.74) is -0.0718. The molecule has 0 aliphatic carbocycles. The van der Waals surface area contributed by atoms with Crippen LogP contribution < -0.4 is 5.56 Å². The van der Waals surface area contributed by atoms with Crippen LogP contribution in [0.2, 0.25) is 0 Å². The number of pyridine rings is 1. The van der Waals surface area contributed by atoms with E-state index in [9.17, 15) is 9.59 Å². The SMILES string of the molecule is CCOCCCn1cc(C(=O)O)ccc1=O. The average Bonchev–Trinajstić information content (AvgIpc) is 2.26. The second-order valence-corrected chi connectivity index (χ2v) is 3.31. The molecule has 5 nitrogen and oxygen atoms in total. The Balaban J connectivity index is 2.67. The van der Waals surface area contributed by atoms with Gasteiger partial charge >= 0.3 is 5.97 Å². The van der Waals surface area contributed by atoms with Gasteiger partial charge in [0.25, 0.3) is 5.56 Å². The first-order chi connectivity index (χ1) is 7.65. The number of hydrogen-bond donors (Lipinski definition) is 1. The number of aromatic carboxylic acids is 1. The highest BCUT2D eigenvalue weighted by Crippen LogP contribution is 1.97. The number of rotatable bonds is 6. The van der Waals surface area contributed by atoms with E-state index in [0.29, 0.717) is 26.2 Å². The molecule has 0 unspecified atom stereocenters. The largest absolute Gasteiger partial charge is 0.478 e. The molecule has 5 heteroatoms. The van der Waals surface area contributed by atoms with Gasteiger partial charge < -0.3 is 14.4 Å². The Hall–Kier alpha value is -1.62. The lowest BCUT2D eigenvalue weighted by Crippen LogP contribution is -2.20. The van der Waals surface area contributed by atoms with Gasteiger partial charge in [0.15, 0.2) is 0 Å². The van der Waals surface area contributed by atoms with Gasteiger partial charge in [0.05, 0.1) is 5.56 Å². The summed E-state index contributed by atoms with van der Waals surface area (Å²) in [7, 11) is 0. The van der Waals surface area contributed by atoms with E-state index in [1.165, 1.54) is 22.9 Å². The Morgan fingerprint density at radius 3 is 2.88 bits per heavy atom. The van der Waals surface area contributed by atoms with Crippen molar-refractivity contribution in [2.75, 3.05) is 13.2 Å². The lowest BCUT2D eigenvalue weighted by Gasteiger charge is -2.06. The van der Waals surface area contributed by atoms with Crippen molar-refractivity contribution in [2.24, 2.45) is 0 Å². The highest BCUT2D eigenvalue weighted by Gasteiger charge is 2.04. The monoisotopic (exact) mass is 225 g/mol. The number of carboxylic acid groups (broad SMARTS) is 1. The predicted octanol–water partition coefficient (Wildman–Crippen LogP) is 0.973. The van der Waals surface area contributed by atoms with Crippen molar-refractivity contribution in [3.8, 4) is 0 Å². The molecule has 88 valence electrons. The highest BCUT2D eigenvalue weighted by atomic mass is 16.5. The summed E-state index contributed by atoms with van der Waals surface area (Å²) >= 11 is 0. The van der Waals surface area contributed by atoms with Gasteiger partial charge in [-0.15, -0.1) is 0 Å². The van der Waals surface area contributed by atoms with E-state index in [2.05, 4.69) is 0 Å². The zero-order chi connectivity index (χ0) is 12.0. The Kier molecular flexibility index (Phi) is 4.72. The maximum absolute atomic E-state index is 11.4. The summed E-state index contributed by atoms with van der Waals surface area (Å²) < 4.78 is 6.53. The first-order valence-corrected chi connectivity index (χ1v) is 5.16. The molecule has 16 heavy (non-hydrogen) atoms. The Bertz CT molecular complexity index is 411. The minimum Gasteiger partial charge on any atom is -0.478 e. The van der Waals surface area contributed by atoms with Crippen molar-refractivity contribution in [1.82, 2.24) is 4.57 Å². The van der Waals surface area contributed by atoms with Gasteiger partial charge in [0.2, 0.25) is 0 Å². The van der Waals surface area contributed by atoms with Crippen LogP contribution in [-0.4, -0.2) is 28.9 Å². The van der Waals surface area contributed by atoms with E-state index >= 15 is 0 Å². The summed E-state index contributed by atoms with van der Waals surface area (Å²) in [4.78, 5) is 22.1. The fourth-order valence-corrected chi connectivity index (χ4v) is 1.31. The third-order valence-corrected chi connectivity index (χ3v) is 2.12. The van der Waals surface area contributed by atoms with E-state index in [0.717, 1.165) is 0 Å². The molecule has 0 atom stereocenters. The zero-order valence-corrected chi connectivity index (χ0v) is 9.18. The molecule has 1 aromatic rings. The maximum Gasteiger partial charge on any atom is 0.337 e. The highest BCUT2D eigenvalue weighted by molar-refractivity contribution is 5.87. The van der Waals surface area contributed by atoms with Crippen LogP contribution in [0.5, 0.6) is 0 Å². The predicted molar refractivity (Wildman–Crippen MR) is 58.8 cm³/mol. The van der Waals surface area contributed by atoms with Crippen molar-refractivity contribution >= 4 is 5.97 Å². The van der Waals surface area contributed by atoms with Crippen LogP contribution in [-0.2, 0) is 11.3 Å².